The predicted molar refractivity (Wildman–Crippen MR) is 477 cm³/mol. The average molecular weight is 1680 g/mol. The van der Waals surface area contributed by atoms with Crippen LogP contribution >= 0.6 is 0 Å². The summed E-state index contributed by atoms with van der Waals surface area (Å²) in [5.41, 5.74) is 4.56. The first-order valence-electron chi connectivity index (χ1n) is 47.7. The number of carbonyl (C=O) groups excluding carboxylic acids is 3. The number of hydrogen-bond acceptors (Lipinski definition) is 16. The van der Waals surface area contributed by atoms with Gasteiger partial charge in [-0.3, -0.25) is 14.4 Å². The van der Waals surface area contributed by atoms with Crippen molar-refractivity contribution < 1.29 is 75.7 Å². The SMILES string of the molecule is C=C1C2C[C@@H]3O[C@H](C[C@H](C)CC)[C@H](C)[C@H]3CC(=O)CC3CC[C@@H]4O[C@H]([C@@H](C)[C@@H](C)[C@H]4O3)[C@@H](O[Si](C)(C)C(C)(C)C)/C=C/C(=O)CC[C@H]3CC(=C)[C@H](CCC(C[C@H]1C)O2)O3.C=C1C2C[C@@H]3O[C@H](C[C@H](C)CC)[C@H](C)[C@H]3CC(=O)CC3CC[C@@H]4O[C@H]([C@@H](C)[C@@H](C)[C@H]4O3)[C@@H](O[Si](C)(C)C(C)(C)C)/C=C/C(O)CC[C@H]3CC(=C)[C@H](CCC(C[C@H]1C)O2)O3. The molecule has 0 aromatic rings. The highest BCUT2D eigenvalue weighted by molar-refractivity contribution is 6.74. The molecular formula is C100H166O16Si2. The first kappa shape index (κ1) is 96.0. The average Bonchev–Trinajstić information content (AvgIpc) is 1.18. The van der Waals surface area contributed by atoms with Crippen molar-refractivity contribution >= 4 is 34.0 Å². The topological polar surface area (TPSA) is 182 Å². The first-order chi connectivity index (χ1) is 55.5. The summed E-state index contributed by atoms with van der Waals surface area (Å²) in [5.74, 6) is 3.92. The summed E-state index contributed by atoms with van der Waals surface area (Å²) in [6, 6.07) is 0. The monoisotopic (exact) mass is 1680 g/mol. The summed E-state index contributed by atoms with van der Waals surface area (Å²) in [5, 5.41) is 11.4. The maximum Gasteiger partial charge on any atom is 0.193 e. The van der Waals surface area contributed by atoms with Crippen LogP contribution in [0.3, 0.4) is 0 Å². The number of aliphatic hydroxyl groups excluding tert-OH is 1. The highest BCUT2D eigenvalue weighted by Crippen LogP contribution is 2.51. The van der Waals surface area contributed by atoms with Gasteiger partial charge in [-0.2, -0.15) is 0 Å². The first-order valence-corrected chi connectivity index (χ1v) is 53.5. The van der Waals surface area contributed by atoms with Crippen molar-refractivity contribution in [3.8, 4) is 0 Å². The predicted octanol–water partition coefficient (Wildman–Crippen LogP) is 21.6. The second-order valence-corrected chi connectivity index (χ2v) is 53.0. The van der Waals surface area contributed by atoms with E-state index in [4.69, 9.17) is 56.2 Å². The van der Waals surface area contributed by atoms with Crippen LogP contribution in [0, 0.1) is 71.0 Å². The molecule has 16 aliphatic heterocycles. The molecule has 0 spiro atoms. The largest absolute Gasteiger partial charge is 0.408 e. The summed E-state index contributed by atoms with van der Waals surface area (Å²) in [4.78, 5) is 41.9. The normalized spacial score (nSPS) is 43.8. The Morgan fingerprint density at radius 3 is 1.20 bits per heavy atom. The van der Waals surface area contributed by atoms with Crippen molar-refractivity contribution in [3.63, 3.8) is 0 Å². The highest BCUT2D eigenvalue weighted by atomic mass is 28.4. The van der Waals surface area contributed by atoms with Crippen LogP contribution in [0.4, 0.5) is 0 Å². The van der Waals surface area contributed by atoms with Crippen LogP contribution in [-0.2, 0) is 70.6 Å². The third kappa shape index (κ3) is 23.8. The molecule has 0 saturated carbocycles. The van der Waals surface area contributed by atoms with Crippen molar-refractivity contribution in [2.45, 2.75) is 468 Å². The lowest BCUT2D eigenvalue weighted by molar-refractivity contribution is -0.237. The number of allylic oxidation sites excluding steroid dienone is 1. The van der Waals surface area contributed by atoms with Crippen molar-refractivity contribution in [2.24, 2.45) is 71.0 Å². The molecule has 670 valence electrons. The van der Waals surface area contributed by atoms with Crippen LogP contribution in [0.25, 0.3) is 0 Å². The van der Waals surface area contributed by atoms with Gasteiger partial charge in [-0.05, 0) is 245 Å². The van der Waals surface area contributed by atoms with Gasteiger partial charge in [0.2, 0.25) is 0 Å². The van der Waals surface area contributed by atoms with E-state index in [0.717, 1.165) is 144 Å². The Hall–Kier alpha value is -2.64. The summed E-state index contributed by atoms with van der Waals surface area (Å²) < 4.78 is 82.9. The van der Waals surface area contributed by atoms with Crippen LogP contribution in [0.15, 0.2) is 72.9 Å². The van der Waals surface area contributed by atoms with E-state index in [1.807, 2.05) is 12.2 Å². The van der Waals surface area contributed by atoms with E-state index in [1.165, 1.54) is 0 Å². The number of aliphatic hydroxyl groups is 1. The Bertz CT molecular complexity index is 3420. The molecule has 0 amide bonds. The third-order valence-electron chi connectivity index (χ3n) is 32.7. The Balaban J connectivity index is 0.000000231. The van der Waals surface area contributed by atoms with Crippen molar-refractivity contribution in [1.82, 2.24) is 0 Å². The highest BCUT2D eigenvalue weighted by Gasteiger charge is 2.55. The minimum absolute atomic E-state index is 0.00174. The lowest BCUT2D eigenvalue weighted by Crippen LogP contribution is -2.58. The Morgan fingerprint density at radius 2 is 0.788 bits per heavy atom. The molecule has 0 aromatic heterocycles. The Morgan fingerprint density at radius 1 is 0.415 bits per heavy atom. The van der Waals surface area contributed by atoms with Crippen LogP contribution in [0.1, 0.15) is 292 Å². The van der Waals surface area contributed by atoms with Gasteiger partial charge in [0, 0.05) is 44.9 Å². The molecule has 16 aliphatic rings. The lowest BCUT2D eigenvalue weighted by Gasteiger charge is -2.51. The number of ketones is 3. The van der Waals surface area contributed by atoms with Gasteiger partial charge >= 0.3 is 0 Å². The number of Topliss-reactive ketones (excluding diaryl/α,β-unsaturated/α-hetero) is 2. The fraction of sp³-hybridized carbons (Fsp3) is 0.850. The van der Waals surface area contributed by atoms with E-state index < -0.39 is 22.7 Å². The third-order valence-corrected chi connectivity index (χ3v) is 41.7. The summed E-state index contributed by atoms with van der Waals surface area (Å²) in [6.07, 6.45) is 26.0. The second-order valence-electron chi connectivity index (χ2n) is 43.5. The van der Waals surface area contributed by atoms with Gasteiger partial charge in [0.1, 0.15) is 11.6 Å². The zero-order valence-corrected chi connectivity index (χ0v) is 79.8. The van der Waals surface area contributed by atoms with Gasteiger partial charge < -0.3 is 61.3 Å². The van der Waals surface area contributed by atoms with Gasteiger partial charge in [-0.25, -0.2) is 0 Å². The van der Waals surface area contributed by atoms with Gasteiger partial charge in [0.05, 0.1) is 140 Å². The lowest BCUT2D eigenvalue weighted by atomic mass is 9.76. The number of fused-ring (bicyclic) bond motifs is 4. The molecule has 0 aromatic carbocycles. The number of hydrogen-bond donors (Lipinski definition) is 1. The molecule has 18 heteroatoms. The minimum atomic E-state index is -2.23. The molecule has 118 heavy (non-hydrogen) atoms. The Kier molecular flexibility index (Phi) is 33.3. The van der Waals surface area contributed by atoms with Crippen molar-refractivity contribution in [2.75, 3.05) is 0 Å². The maximum absolute atomic E-state index is 14.2. The van der Waals surface area contributed by atoms with Crippen LogP contribution in [0.2, 0.25) is 36.3 Å². The molecular weight excluding hydrogens is 1510 g/mol. The van der Waals surface area contributed by atoms with E-state index in [2.05, 4.69) is 183 Å². The van der Waals surface area contributed by atoms with E-state index in [-0.39, 0.29) is 209 Å². The van der Waals surface area contributed by atoms with E-state index in [9.17, 15) is 19.5 Å². The molecule has 16 bridgehead atoms. The van der Waals surface area contributed by atoms with E-state index >= 15 is 0 Å². The minimum Gasteiger partial charge on any atom is -0.408 e. The maximum atomic E-state index is 14.2. The quantitative estimate of drug-likeness (QED) is 0.161. The van der Waals surface area contributed by atoms with Crippen LogP contribution in [-0.4, -0.2) is 179 Å². The summed E-state index contributed by atoms with van der Waals surface area (Å²) >= 11 is 0. The molecule has 16 rings (SSSR count). The van der Waals surface area contributed by atoms with Crippen LogP contribution < -0.4 is 0 Å². The van der Waals surface area contributed by atoms with Gasteiger partial charge in [0.25, 0.3) is 0 Å². The number of ether oxygens (including phenoxy) is 10. The number of rotatable bonds is 10. The van der Waals surface area contributed by atoms with Gasteiger partial charge in [-0.1, -0.05) is 182 Å². The van der Waals surface area contributed by atoms with E-state index in [0.29, 0.717) is 68.6 Å². The summed E-state index contributed by atoms with van der Waals surface area (Å²) in [7, 11) is -4.43. The standard InChI is InChI=1S/C50H84O8Si.C50H82O8Si/c2*1-14-29(2)23-45-35(8)41-27-37(52)26-40-19-22-43-48(55-40)33(6)34(7)49(57-43)44(58-59(12,13)50(9,10)11)20-16-36(51)15-17-38-25-31(4)42(53-38)21-18-39-24-30(3)32(5)46(54-39)28-47(41)56-45/h16,20,29-30,33-36,38-49,51H,4-5,14-15,17-19,21-28H2,1-3,6-13H3;16,20,29-30,33-35,38-49H,4-5,14-15,17-19,21-28H2,1-3,6-13H3/b2*20-16+/t29-,30-,33-,34+,35-,36?,38+,39?,40?,41-,42+,43+,44+,45-,46?,47+,48-,49-;29-,30-,33-,34+,35-,38+,39?,40?,41-,42+,43+,44+,45-,46?,47+,48-,49-/m11/s1. The fourth-order valence-corrected chi connectivity index (χ4v) is 24.1. The Labute approximate surface area is 717 Å². The molecule has 10 saturated heterocycles. The molecule has 0 aliphatic carbocycles. The van der Waals surface area contributed by atoms with Crippen LogP contribution in [0.5, 0.6) is 0 Å². The molecule has 0 radical (unpaired) electrons. The molecule has 16 nitrogen and oxygen atoms in total. The second kappa shape index (κ2) is 41.0. The smallest absolute Gasteiger partial charge is 0.193 e. The zero-order chi connectivity index (χ0) is 85.9. The molecule has 10 fully saturated rings. The van der Waals surface area contributed by atoms with Gasteiger partial charge in [0.15, 0.2) is 22.4 Å². The van der Waals surface area contributed by atoms with Crippen molar-refractivity contribution in [3.05, 3.63) is 72.9 Å². The molecule has 7 unspecified atom stereocenters. The summed E-state index contributed by atoms with van der Waals surface area (Å²) in [6.45, 7) is 68.0. The fourth-order valence-electron chi connectivity index (χ4n) is 21.6. The molecule has 35 atom stereocenters. The number of carbonyl (C=O) groups is 3. The van der Waals surface area contributed by atoms with E-state index in [1.54, 1.807) is 6.08 Å². The van der Waals surface area contributed by atoms with Gasteiger partial charge in [-0.15, -0.1) is 0 Å². The van der Waals surface area contributed by atoms with Crippen molar-refractivity contribution in [1.29, 1.82) is 0 Å². The molecule has 1 N–H and O–H groups in total. The zero-order valence-electron chi connectivity index (χ0n) is 77.8. The molecule has 16 heterocycles.